The quantitative estimate of drug-likeness (QED) is 0.236. The minimum atomic E-state index is -1.61. The van der Waals surface area contributed by atoms with Crippen molar-refractivity contribution in [2.24, 2.45) is 0 Å². The molecule has 6 atom stereocenters. The number of aliphatic hydroxyl groups excluding tert-OH is 3. The Morgan fingerprint density at radius 2 is 1.94 bits per heavy atom. The molecule has 190 valence electrons. The van der Waals surface area contributed by atoms with E-state index < -0.39 is 49.3 Å². The van der Waals surface area contributed by atoms with Gasteiger partial charge < -0.3 is 39.4 Å². The second-order valence-electron chi connectivity index (χ2n) is 8.53. The van der Waals surface area contributed by atoms with Crippen molar-refractivity contribution in [2.75, 3.05) is 13.2 Å². The first-order chi connectivity index (χ1) is 16.6. The predicted molar refractivity (Wildman–Crippen MR) is 123 cm³/mol. The van der Waals surface area contributed by atoms with E-state index in [-0.39, 0.29) is 18.5 Å². The Bertz CT molecular complexity index is 994. The van der Waals surface area contributed by atoms with Crippen LogP contribution in [0.4, 0.5) is 0 Å². The van der Waals surface area contributed by atoms with Gasteiger partial charge in [0.25, 0.3) is 0 Å². The van der Waals surface area contributed by atoms with Crippen LogP contribution in [-0.2, 0) is 28.5 Å². The van der Waals surface area contributed by atoms with Crippen molar-refractivity contribution in [1.82, 2.24) is 0 Å². The lowest BCUT2D eigenvalue weighted by molar-refractivity contribution is -0.299. The highest BCUT2D eigenvalue weighted by Gasteiger charge is 2.44. The molecule has 2 aliphatic rings. The molecule has 0 amide bonds. The summed E-state index contributed by atoms with van der Waals surface area (Å²) >= 11 is 0. The number of hydrogen-bond acceptors (Lipinski definition) is 10. The second kappa shape index (κ2) is 12.1. The Kier molecular flexibility index (Phi) is 9.19. The molecular formula is C25H30O10. The third-order valence-electron chi connectivity index (χ3n) is 5.39. The maximum Gasteiger partial charge on any atom is 0.334 e. The van der Waals surface area contributed by atoms with E-state index in [4.69, 9.17) is 18.9 Å². The number of benzene rings is 1. The fourth-order valence-electron chi connectivity index (χ4n) is 3.63. The van der Waals surface area contributed by atoms with Crippen molar-refractivity contribution in [3.05, 3.63) is 59.2 Å². The summed E-state index contributed by atoms with van der Waals surface area (Å²) in [6, 6.07) is 6.25. The number of phenolic OH excluding ortho intramolecular Hbond substituents is 1. The number of cyclic esters (lactones) is 1. The Hall–Kier alpha value is -3.02. The van der Waals surface area contributed by atoms with Gasteiger partial charge in [-0.25, -0.2) is 9.59 Å². The molecule has 0 saturated carbocycles. The molecule has 0 aliphatic carbocycles. The standard InChI is InChI=1S/C25H30O10/c1-14(2)10-18-12-16(24(31)34-18)8-9-32-25-23(30)22(29)21(28)19(35-25)13-33-20(27)7-6-15-4-3-5-17(26)11-15/h3-8,10-11,18-19,21-23,25-26,28-30H,9,12-13H2,1-2H3/b7-6+,16-8+/t18-,19-,21-,22+,23-,25-/m1/s1. The normalized spacial score (nSPS) is 29.9. The van der Waals surface area contributed by atoms with Crippen molar-refractivity contribution in [1.29, 1.82) is 0 Å². The van der Waals surface area contributed by atoms with E-state index in [1.165, 1.54) is 24.3 Å². The second-order valence-corrected chi connectivity index (χ2v) is 8.53. The summed E-state index contributed by atoms with van der Waals surface area (Å²) in [6.07, 6.45) is -1.21. The fourth-order valence-corrected chi connectivity index (χ4v) is 3.63. The number of aromatic hydroxyl groups is 1. The number of ether oxygens (including phenoxy) is 4. The van der Waals surface area contributed by atoms with E-state index in [9.17, 15) is 30.0 Å². The lowest BCUT2D eigenvalue weighted by atomic mass is 9.99. The third kappa shape index (κ3) is 7.48. The molecular weight excluding hydrogens is 460 g/mol. The van der Waals surface area contributed by atoms with Gasteiger partial charge in [-0.15, -0.1) is 0 Å². The van der Waals surface area contributed by atoms with Gasteiger partial charge in [-0.1, -0.05) is 17.7 Å². The summed E-state index contributed by atoms with van der Waals surface area (Å²) in [5.74, 6) is -1.15. The van der Waals surface area contributed by atoms with Crippen LogP contribution in [0.3, 0.4) is 0 Å². The van der Waals surface area contributed by atoms with Gasteiger partial charge in [0.15, 0.2) is 6.29 Å². The van der Waals surface area contributed by atoms with E-state index in [0.717, 1.165) is 11.6 Å². The zero-order chi connectivity index (χ0) is 25.5. The first kappa shape index (κ1) is 26.6. The number of hydrogen-bond donors (Lipinski definition) is 4. The Labute approximate surface area is 202 Å². The molecule has 3 rings (SSSR count). The number of carbonyl (C=O) groups is 2. The van der Waals surface area contributed by atoms with Crippen LogP contribution in [0, 0.1) is 0 Å². The molecule has 0 radical (unpaired) electrons. The molecule has 35 heavy (non-hydrogen) atoms. The largest absolute Gasteiger partial charge is 0.508 e. The van der Waals surface area contributed by atoms with Crippen LogP contribution >= 0.6 is 0 Å². The van der Waals surface area contributed by atoms with Gasteiger partial charge in [0, 0.05) is 18.1 Å². The topological polar surface area (TPSA) is 152 Å². The maximum atomic E-state index is 12.0. The molecule has 2 heterocycles. The van der Waals surface area contributed by atoms with Gasteiger partial charge in [0.1, 0.15) is 42.9 Å². The number of rotatable bonds is 8. The third-order valence-corrected chi connectivity index (χ3v) is 5.39. The molecule has 4 N–H and O–H groups in total. The number of esters is 2. The minimum absolute atomic E-state index is 0.0472. The van der Waals surface area contributed by atoms with Gasteiger partial charge in [-0.3, -0.25) is 0 Å². The van der Waals surface area contributed by atoms with Crippen LogP contribution < -0.4 is 0 Å². The predicted octanol–water partition coefficient (Wildman–Crippen LogP) is 0.981. The summed E-state index contributed by atoms with van der Waals surface area (Å²) in [7, 11) is 0. The van der Waals surface area contributed by atoms with E-state index in [1.807, 2.05) is 19.9 Å². The van der Waals surface area contributed by atoms with E-state index in [1.54, 1.807) is 12.1 Å². The Morgan fingerprint density at radius 3 is 2.66 bits per heavy atom. The summed E-state index contributed by atoms with van der Waals surface area (Å²) in [6.45, 7) is 3.28. The van der Waals surface area contributed by atoms with Crippen molar-refractivity contribution >= 4 is 18.0 Å². The summed E-state index contributed by atoms with van der Waals surface area (Å²) in [5, 5.41) is 40.0. The first-order valence-electron chi connectivity index (χ1n) is 11.1. The smallest absolute Gasteiger partial charge is 0.334 e. The minimum Gasteiger partial charge on any atom is -0.508 e. The molecule has 10 nitrogen and oxygen atoms in total. The zero-order valence-corrected chi connectivity index (χ0v) is 19.4. The molecule has 1 aromatic rings. The van der Waals surface area contributed by atoms with Gasteiger partial charge in [-0.05, 0) is 49.8 Å². The number of allylic oxidation sites excluding steroid dienone is 1. The number of carbonyl (C=O) groups excluding carboxylic acids is 2. The van der Waals surface area contributed by atoms with Crippen LogP contribution in [0.5, 0.6) is 5.75 Å². The van der Waals surface area contributed by atoms with Crippen LogP contribution in [0.15, 0.2) is 53.6 Å². The molecule has 0 spiro atoms. The van der Waals surface area contributed by atoms with Crippen LogP contribution in [0.1, 0.15) is 25.8 Å². The molecule has 0 bridgehead atoms. The average molecular weight is 491 g/mol. The zero-order valence-electron chi connectivity index (χ0n) is 19.4. The summed E-state index contributed by atoms with van der Waals surface area (Å²) < 4.78 is 21.3. The number of phenols is 1. The van der Waals surface area contributed by atoms with Crippen LogP contribution in [-0.4, -0.2) is 82.4 Å². The van der Waals surface area contributed by atoms with Crippen molar-refractivity contribution in [3.8, 4) is 5.75 Å². The molecule has 2 fully saturated rings. The molecule has 1 aromatic carbocycles. The molecule has 2 aliphatic heterocycles. The Morgan fingerprint density at radius 1 is 1.17 bits per heavy atom. The van der Waals surface area contributed by atoms with Crippen molar-refractivity contribution in [3.63, 3.8) is 0 Å². The maximum absolute atomic E-state index is 12.0. The van der Waals surface area contributed by atoms with Gasteiger partial charge in [0.2, 0.25) is 0 Å². The summed E-state index contributed by atoms with van der Waals surface area (Å²) in [5.41, 5.74) is 2.02. The monoisotopic (exact) mass is 490 g/mol. The van der Waals surface area contributed by atoms with E-state index in [0.29, 0.717) is 17.6 Å². The van der Waals surface area contributed by atoms with Crippen LogP contribution in [0.25, 0.3) is 6.08 Å². The number of aliphatic hydroxyl groups is 3. The SMILES string of the molecule is CC(C)=C[C@@H]1C/C(=C\CO[C@@H]2O[C@H](COC(=O)/C=C/c3cccc(O)c3)[C@@H](O)[C@H](O)[C@H]2O)C(=O)O1. The lowest BCUT2D eigenvalue weighted by Gasteiger charge is -2.39. The van der Waals surface area contributed by atoms with E-state index >= 15 is 0 Å². The van der Waals surface area contributed by atoms with Gasteiger partial charge in [0.05, 0.1) is 6.61 Å². The highest BCUT2D eigenvalue weighted by molar-refractivity contribution is 5.91. The average Bonchev–Trinajstić information content (AvgIpc) is 3.14. The van der Waals surface area contributed by atoms with Gasteiger partial charge in [-0.2, -0.15) is 0 Å². The van der Waals surface area contributed by atoms with Crippen LogP contribution in [0.2, 0.25) is 0 Å². The van der Waals surface area contributed by atoms with Crippen molar-refractivity contribution < 1.29 is 49.0 Å². The lowest BCUT2D eigenvalue weighted by Crippen LogP contribution is -2.59. The highest BCUT2D eigenvalue weighted by atomic mass is 16.7. The molecule has 2 saturated heterocycles. The molecule has 0 unspecified atom stereocenters. The first-order valence-corrected chi connectivity index (χ1v) is 11.1. The Balaban J connectivity index is 1.52. The van der Waals surface area contributed by atoms with Crippen molar-refractivity contribution in [2.45, 2.75) is 57.1 Å². The summed E-state index contributed by atoms with van der Waals surface area (Å²) in [4.78, 5) is 24.0. The molecule has 10 heteroatoms. The van der Waals surface area contributed by atoms with Gasteiger partial charge >= 0.3 is 11.9 Å². The fraction of sp³-hybridized carbons (Fsp3) is 0.440. The molecule has 0 aromatic heterocycles. The van der Waals surface area contributed by atoms with E-state index in [2.05, 4.69) is 0 Å². The highest BCUT2D eigenvalue weighted by Crippen LogP contribution is 2.25.